The van der Waals surface area contributed by atoms with Gasteiger partial charge in [0.15, 0.2) is 5.82 Å². The lowest BCUT2D eigenvalue weighted by Gasteiger charge is -2.30. The Hall–Kier alpha value is -1.46. The Bertz CT molecular complexity index is 559. The molecule has 0 amide bonds. The summed E-state index contributed by atoms with van der Waals surface area (Å²) < 4.78 is 1.07. The Morgan fingerprint density at radius 1 is 1.00 bits per heavy atom. The van der Waals surface area contributed by atoms with Crippen LogP contribution in [0.15, 0.2) is 40.9 Å². The fraction of sp³-hybridized carbons (Fsp3) is 0.333. The van der Waals surface area contributed by atoms with Crippen molar-refractivity contribution >= 4 is 21.7 Å². The van der Waals surface area contributed by atoms with Gasteiger partial charge in [-0.2, -0.15) is 0 Å². The van der Waals surface area contributed by atoms with Crippen LogP contribution in [0.1, 0.15) is 12.8 Å². The minimum atomic E-state index is 0.334. The van der Waals surface area contributed by atoms with Crippen LogP contribution < -0.4 is 10.6 Å². The summed E-state index contributed by atoms with van der Waals surface area (Å²) >= 11 is 3.43. The third kappa shape index (κ3) is 2.99. The number of halogens is 1. The molecule has 1 aromatic carbocycles. The first-order valence-corrected chi connectivity index (χ1v) is 7.62. The lowest BCUT2D eigenvalue weighted by molar-refractivity contribution is 0.497. The van der Waals surface area contributed by atoms with Crippen LogP contribution >= 0.6 is 15.9 Å². The van der Waals surface area contributed by atoms with Gasteiger partial charge in [0.25, 0.3) is 0 Å². The van der Waals surface area contributed by atoms with Gasteiger partial charge in [-0.05, 0) is 37.1 Å². The Morgan fingerprint density at radius 3 is 2.30 bits per heavy atom. The molecule has 4 nitrogen and oxygen atoms in total. The maximum Gasteiger partial charge on any atom is 0.151 e. The molecule has 0 aliphatic carbocycles. The Labute approximate surface area is 127 Å². The van der Waals surface area contributed by atoms with Crippen LogP contribution in [0.2, 0.25) is 0 Å². The van der Waals surface area contributed by atoms with Gasteiger partial charge in [0.2, 0.25) is 0 Å². The zero-order valence-electron chi connectivity index (χ0n) is 11.2. The van der Waals surface area contributed by atoms with E-state index in [9.17, 15) is 0 Å². The van der Waals surface area contributed by atoms with Crippen LogP contribution in [0.5, 0.6) is 0 Å². The topological polar surface area (TPSA) is 55.0 Å². The van der Waals surface area contributed by atoms with Crippen LogP contribution in [0.4, 0.5) is 5.82 Å². The molecule has 2 N–H and O–H groups in total. The second-order valence-corrected chi connectivity index (χ2v) is 6.02. The van der Waals surface area contributed by atoms with Crippen molar-refractivity contribution in [3.8, 4) is 11.3 Å². The number of benzene rings is 1. The van der Waals surface area contributed by atoms with Crippen LogP contribution in [0.3, 0.4) is 0 Å². The van der Waals surface area contributed by atoms with Crippen molar-refractivity contribution < 1.29 is 0 Å². The molecule has 0 unspecified atom stereocenters. The standard InChI is InChI=1S/C15H17BrN4/c16-12-3-1-11(2-4-12)14-5-6-15(19-18-14)20-9-7-13(17)8-10-20/h1-6,13H,7-10,17H2. The molecule has 0 spiro atoms. The summed E-state index contributed by atoms with van der Waals surface area (Å²) in [5, 5.41) is 8.68. The van der Waals surface area contributed by atoms with Crippen LogP contribution in [0, 0.1) is 0 Å². The number of rotatable bonds is 2. The number of hydrogen-bond donors (Lipinski definition) is 1. The van der Waals surface area contributed by atoms with E-state index in [1.54, 1.807) is 0 Å². The van der Waals surface area contributed by atoms with E-state index < -0.39 is 0 Å². The Morgan fingerprint density at radius 2 is 1.70 bits per heavy atom. The summed E-state index contributed by atoms with van der Waals surface area (Å²) in [5.41, 5.74) is 7.90. The van der Waals surface area contributed by atoms with Crippen LogP contribution in [0.25, 0.3) is 11.3 Å². The molecular formula is C15H17BrN4. The highest BCUT2D eigenvalue weighted by molar-refractivity contribution is 9.10. The van der Waals surface area contributed by atoms with Crippen molar-refractivity contribution in [1.29, 1.82) is 0 Å². The average molecular weight is 333 g/mol. The Kier molecular flexibility index (Phi) is 3.98. The smallest absolute Gasteiger partial charge is 0.151 e. The SMILES string of the molecule is NC1CCN(c2ccc(-c3ccc(Br)cc3)nn2)CC1. The maximum atomic E-state index is 5.92. The van der Waals surface area contributed by atoms with E-state index in [0.717, 1.165) is 47.5 Å². The molecule has 20 heavy (non-hydrogen) atoms. The van der Waals surface area contributed by atoms with E-state index in [1.807, 2.05) is 36.4 Å². The minimum Gasteiger partial charge on any atom is -0.355 e. The summed E-state index contributed by atoms with van der Waals surface area (Å²) in [5.74, 6) is 0.942. The summed E-state index contributed by atoms with van der Waals surface area (Å²) in [6.07, 6.45) is 2.05. The normalized spacial score (nSPS) is 16.4. The van der Waals surface area contributed by atoms with Gasteiger partial charge in [0, 0.05) is 29.2 Å². The summed E-state index contributed by atoms with van der Waals surface area (Å²) in [6.45, 7) is 1.93. The van der Waals surface area contributed by atoms with E-state index in [0.29, 0.717) is 6.04 Å². The zero-order chi connectivity index (χ0) is 13.9. The number of nitrogens with two attached hydrogens (primary N) is 1. The molecule has 1 saturated heterocycles. The lowest BCUT2D eigenvalue weighted by atomic mass is 10.1. The summed E-state index contributed by atoms with van der Waals surface area (Å²) in [4.78, 5) is 2.25. The molecule has 104 valence electrons. The summed E-state index contributed by atoms with van der Waals surface area (Å²) in [6, 6.07) is 12.5. The van der Waals surface area contributed by atoms with Crippen molar-refractivity contribution in [3.05, 3.63) is 40.9 Å². The number of nitrogens with zero attached hydrogens (tertiary/aromatic N) is 3. The number of aromatic nitrogens is 2. The highest BCUT2D eigenvalue weighted by atomic mass is 79.9. The van der Waals surface area contributed by atoms with Crippen molar-refractivity contribution in [1.82, 2.24) is 10.2 Å². The second kappa shape index (κ2) is 5.89. The molecule has 2 heterocycles. The van der Waals surface area contributed by atoms with Gasteiger partial charge in [0.1, 0.15) is 0 Å². The predicted octanol–water partition coefficient (Wildman–Crippen LogP) is 2.83. The minimum absolute atomic E-state index is 0.334. The maximum absolute atomic E-state index is 5.92. The first kappa shape index (κ1) is 13.5. The van der Waals surface area contributed by atoms with E-state index in [1.165, 1.54) is 0 Å². The first-order valence-electron chi connectivity index (χ1n) is 6.82. The Balaban J connectivity index is 1.76. The highest BCUT2D eigenvalue weighted by Crippen LogP contribution is 2.22. The molecule has 0 saturated carbocycles. The molecule has 0 bridgehead atoms. The van der Waals surface area contributed by atoms with Crippen molar-refractivity contribution in [2.24, 2.45) is 5.73 Å². The third-order valence-electron chi connectivity index (χ3n) is 3.65. The first-order chi connectivity index (χ1) is 9.72. The lowest BCUT2D eigenvalue weighted by Crippen LogP contribution is -2.40. The molecular weight excluding hydrogens is 316 g/mol. The molecule has 1 aliphatic rings. The molecule has 1 aliphatic heterocycles. The van der Waals surface area contributed by atoms with Crippen LogP contribution in [-0.2, 0) is 0 Å². The van der Waals surface area contributed by atoms with Gasteiger partial charge in [-0.15, -0.1) is 10.2 Å². The van der Waals surface area contributed by atoms with Gasteiger partial charge in [-0.3, -0.25) is 0 Å². The zero-order valence-corrected chi connectivity index (χ0v) is 12.8. The van der Waals surface area contributed by atoms with Gasteiger partial charge < -0.3 is 10.6 Å². The number of piperidine rings is 1. The molecule has 1 aromatic heterocycles. The number of anilines is 1. The average Bonchev–Trinajstić information content (AvgIpc) is 2.49. The molecule has 0 radical (unpaired) electrons. The fourth-order valence-corrected chi connectivity index (χ4v) is 2.66. The van der Waals surface area contributed by atoms with Gasteiger partial charge in [-0.25, -0.2) is 0 Å². The second-order valence-electron chi connectivity index (χ2n) is 5.11. The highest BCUT2D eigenvalue weighted by Gasteiger charge is 2.17. The molecule has 5 heteroatoms. The molecule has 2 aromatic rings. The van der Waals surface area contributed by atoms with E-state index in [-0.39, 0.29) is 0 Å². The van der Waals surface area contributed by atoms with Crippen molar-refractivity contribution in [3.63, 3.8) is 0 Å². The van der Waals surface area contributed by atoms with Gasteiger partial charge in [-0.1, -0.05) is 28.1 Å². The molecule has 1 fully saturated rings. The van der Waals surface area contributed by atoms with E-state index in [4.69, 9.17) is 5.73 Å². The quantitative estimate of drug-likeness (QED) is 0.918. The largest absolute Gasteiger partial charge is 0.355 e. The van der Waals surface area contributed by atoms with E-state index in [2.05, 4.69) is 31.0 Å². The van der Waals surface area contributed by atoms with Crippen LogP contribution in [-0.4, -0.2) is 29.3 Å². The predicted molar refractivity (Wildman–Crippen MR) is 84.6 cm³/mol. The molecule has 3 rings (SSSR count). The molecule has 0 atom stereocenters. The van der Waals surface area contributed by atoms with E-state index >= 15 is 0 Å². The summed E-state index contributed by atoms with van der Waals surface area (Å²) in [7, 11) is 0. The third-order valence-corrected chi connectivity index (χ3v) is 4.18. The van der Waals surface area contributed by atoms with Crippen molar-refractivity contribution in [2.45, 2.75) is 18.9 Å². The van der Waals surface area contributed by atoms with Gasteiger partial charge >= 0.3 is 0 Å². The van der Waals surface area contributed by atoms with Gasteiger partial charge in [0.05, 0.1) is 5.69 Å². The fourth-order valence-electron chi connectivity index (χ4n) is 2.40. The monoisotopic (exact) mass is 332 g/mol. The van der Waals surface area contributed by atoms with Crippen molar-refractivity contribution in [2.75, 3.05) is 18.0 Å². The number of hydrogen-bond acceptors (Lipinski definition) is 4.